The second kappa shape index (κ2) is 3.95. The van der Waals surface area contributed by atoms with Gasteiger partial charge in [0.2, 0.25) is 0 Å². The molecular weight excluding hydrogens is 236 g/mol. The molecule has 0 fully saturated rings. The standard InChI is InChI=1S/C16H26N2O/c1-14(2,3)11-8-10-12(19-9-16(10,7)17)13(18-11)15(4,5)6/h8H,9,17H2,1-7H3. The van der Waals surface area contributed by atoms with Crippen molar-refractivity contribution in [3.8, 4) is 5.75 Å². The topological polar surface area (TPSA) is 48.1 Å². The van der Waals surface area contributed by atoms with Crippen molar-refractivity contribution in [1.82, 2.24) is 4.98 Å². The molecule has 1 aliphatic rings. The van der Waals surface area contributed by atoms with Crippen molar-refractivity contribution in [1.29, 1.82) is 0 Å². The monoisotopic (exact) mass is 262 g/mol. The van der Waals surface area contributed by atoms with E-state index in [4.69, 9.17) is 15.5 Å². The SMILES string of the molecule is CC(C)(C)c1cc2c(c(C(C)(C)C)n1)OCC2(C)N. The van der Waals surface area contributed by atoms with Gasteiger partial charge in [-0.3, -0.25) is 4.98 Å². The predicted octanol–water partition coefficient (Wildman–Crippen LogP) is 3.24. The fourth-order valence-corrected chi connectivity index (χ4v) is 2.30. The Hall–Kier alpha value is -1.09. The number of nitrogens with zero attached hydrogens (tertiary/aromatic N) is 1. The van der Waals surface area contributed by atoms with Crippen molar-refractivity contribution in [3.05, 3.63) is 23.0 Å². The first-order valence-electron chi connectivity index (χ1n) is 6.91. The third-order valence-electron chi connectivity index (χ3n) is 3.58. The molecule has 106 valence electrons. The molecule has 1 aromatic rings. The smallest absolute Gasteiger partial charge is 0.146 e. The normalized spacial score (nSPS) is 23.2. The Labute approximate surface area is 116 Å². The molecule has 0 radical (unpaired) electrons. The summed E-state index contributed by atoms with van der Waals surface area (Å²) in [4.78, 5) is 4.87. The first-order valence-corrected chi connectivity index (χ1v) is 6.91. The minimum atomic E-state index is -0.418. The second-order valence-electron chi connectivity index (χ2n) is 7.94. The van der Waals surface area contributed by atoms with E-state index in [0.29, 0.717) is 6.61 Å². The Morgan fingerprint density at radius 1 is 1.16 bits per heavy atom. The fraction of sp³-hybridized carbons (Fsp3) is 0.688. The molecule has 0 saturated carbocycles. The third-order valence-corrected chi connectivity index (χ3v) is 3.58. The van der Waals surface area contributed by atoms with E-state index in [1.165, 1.54) is 0 Å². The van der Waals surface area contributed by atoms with E-state index >= 15 is 0 Å². The van der Waals surface area contributed by atoms with Crippen LogP contribution in [0.4, 0.5) is 0 Å². The fourth-order valence-electron chi connectivity index (χ4n) is 2.30. The first-order chi connectivity index (χ1) is 8.43. The van der Waals surface area contributed by atoms with Crippen LogP contribution in [-0.2, 0) is 16.4 Å². The van der Waals surface area contributed by atoms with Gasteiger partial charge in [0.05, 0.1) is 11.2 Å². The molecule has 1 aromatic heterocycles. The number of fused-ring (bicyclic) bond motifs is 1. The van der Waals surface area contributed by atoms with E-state index in [2.05, 4.69) is 47.6 Å². The van der Waals surface area contributed by atoms with Crippen LogP contribution >= 0.6 is 0 Å². The van der Waals surface area contributed by atoms with Crippen LogP contribution in [0.15, 0.2) is 6.07 Å². The maximum atomic E-state index is 6.36. The molecule has 0 saturated heterocycles. The Bertz CT molecular complexity index is 505. The van der Waals surface area contributed by atoms with E-state index in [1.807, 2.05) is 6.92 Å². The van der Waals surface area contributed by atoms with Gasteiger partial charge in [0.1, 0.15) is 12.4 Å². The lowest BCUT2D eigenvalue weighted by Gasteiger charge is -2.26. The maximum absolute atomic E-state index is 6.36. The molecule has 1 aliphatic heterocycles. The van der Waals surface area contributed by atoms with Crippen molar-refractivity contribution in [3.63, 3.8) is 0 Å². The van der Waals surface area contributed by atoms with Crippen LogP contribution in [0.2, 0.25) is 0 Å². The molecule has 3 heteroatoms. The summed E-state index contributed by atoms with van der Waals surface area (Å²) in [6.45, 7) is 15.6. The number of nitrogens with two attached hydrogens (primary N) is 1. The highest BCUT2D eigenvalue weighted by molar-refractivity contribution is 5.49. The van der Waals surface area contributed by atoms with Gasteiger partial charge in [-0.2, -0.15) is 0 Å². The number of hydrogen-bond acceptors (Lipinski definition) is 3. The van der Waals surface area contributed by atoms with Crippen LogP contribution in [0.25, 0.3) is 0 Å². The van der Waals surface area contributed by atoms with Crippen LogP contribution in [0, 0.1) is 0 Å². The molecule has 0 amide bonds. The highest BCUT2D eigenvalue weighted by Crippen LogP contribution is 2.43. The lowest BCUT2D eigenvalue weighted by atomic mass is 9.83. The lowest BCUT2D eigenvalue weighted by Crippen LogP contribution is -2.34. The molecule has 2 rings (SSSR count). The average molecular weight is 262 g/mol. The van der Waals surface area contributed by atoms with E-state index in [0.717, 1.165) is 22.7 Å². The van der Waals surface area contributed by atoms with Gasteiger partial charge < -0.3 is 10.5 Å². The van der Waals surface area contributed by atoms with E-state index in [9.17, 15) is 0 Å². The quantitative estimate of drug-likeness (QED) is 0.781. The summed E-state index contributed by atoms with van der Waals surface area (Å²) in [5, 5.41) is 0. The van der Waals surface area contributed by atoms with Gasteiger partial charge in [-0.1, -0.05) is 41.5 Å². The summed E-state index contributed by atoms with van der Waals surface area (Å²) in [7, 11) is 0. The summed E-state index contributed by atoms with van der Waals surface area (Å²) in [6, 6.07) is 2.12. The largest absolute Gasteiger partial charge is 0.489 e. The maximum Gasteiger partial charge on any atom is 0.146 e. The van der Waals surface area contributed by atoms with Crippen LogP contribution in [0.1, 0.15) is 65.4 Å². The van der Waals surface area contributed by atoms with Gasteiger partial charge >= 0.3 is 0 Å². The van der Waals surface area contributed by atoms with Gasteiger partial charge in [-0.05, 0) is 13.0 Å². The molecule has 3 nitrogen and oxygen atoms in total. The highest BCUT2D eigenvalue weighted by Gasteiger charge is 2.38. The molecule has 0 aliphatic carbocycles. The van der Waals surface area contributed by atoms with Gasteiger partial charge in [0.15, 0.2) is 0 Å². The minimum absolute atomic E-state index is 0.00764. The second-order valence-corrected chi connectivity index (χ2v) is 7.94. The van der Waals surface area contributed by atoms with Crippen molar-refractivity contribution in [2.75, 3.05) is 6.61 Å². The molecule has 0 bridgehead atoms. The minimum Gasteiger partial charge on any atom is -0.489 e. The summed E-state index contributed by atoms with van der Waals surface area (Å²) >= 11 is 0. The Morgan fingerprint density at radius 3 is 2.21 bits per heavy atom. The molecule has 2 heterocycles. The van der Waals surface area contributed by atoms with Crippen molar-refractivity contribution < 1.29 is 4.74 Å². The van der Waals surface area contributed by atoms with E-state index in [-0.39, 0.29) is 10.8 Å². The molecule has 19 heavy (non-hydrogen) atoms. The molecule has 1 unspecified atom stereocenters. The summed E-state index contributed by atoms with van der Waals surface area (Å²) in [5.74, 6) is 0.894. The predicted molar refractivity (Wildman–Crippen MR) is 78.7 cm³/mol. The highest BCUT2D eigenvalue weighted by atomic mass is 16.5. The summed E-state index contributed by atoms with van der Waals surface area (Å²) < 4.78 is 5.85. The van der Waals surface area contributed by atoms with E-state index in [1.54, 1.807) is 0 Å². The van der Waals surface area contributed by atoms with Crippen molar-refractivity contribution >= 4 is 0 Å². The number of aromatic nitrogens is 1. The van der Waals surface area contributed by atoms with Crippen molar-refractivity contribution in [2.24, 2.45) is 5.73 Å². The average Bonchev–Trinajstić information content (AvgIpc) is 2.51. The number of rotatable bonds is 0. The zero-order valence-electron chi connectivity index (χ0n) is 13.2. The lowest BCUT2D eigenvalue weighted by molar-refractivity contribution is 0.277. The summed E-state index contributed by atoms with van der Waals surface area (Å²) in [5.41, 5.74) is 9.09. The molecule has 1 atom stereocenters. The first kappa shape index (κ1) is 14.3. The Morgan fingerprint density at radius 2 is 1.74 bits per heavy atom. The van der Waals surface area contributed by atoms with Crippen LogP contribution in [0.5, 0.6) is 5.75 Å². The number of pyridine rings is 1. The van der Waals surface area contributed by atoms with Crippen LogP contribution in [-0.4, -0.2) is 11.6 Å². The Kier molecular flexibility index (Phi) is 2.98. The Balaban J connectivity index is 2.73. The van der Waals surface area contributed by atoms with Crippen LogP contribution < -0.4 is 10.5 Å². The zero-order chi connectivity index (χ0) is 14.6. The van der Waals surface area contributed by atoms with Gasteiger partial charge in [0, 0.05) is 22.1 Å². The molecular formula is C16H26N2O. The van der Waals surface area contributed by atoms with Crippen molar-refractivity contribution in [2.45, 2.75) is 64.8 Å². The molecule has 2 N–H and O–H groups in total. The zero-order valence-corrected chi connectivity index (χ0v) is 13.2. The summed E-state index contributed by atoms with van der Waals surface area (Å²) in [6.07, 6.45) is 0. The van der Waals surface area contributed by atoms with E-state index < -0.39 is 5.54 Å². The third kappa shape index (κ3) is 2.48. The molecule has 0 spiro atoms. The van der Waals surface area contributed by atoms with Gasteiger partial charge in [-0.25, -0.2) is 0 Å². The van der Waals surface area contributed by atoms with Crippen LogP contribution in [0.3, 0.4) is 0 Å². The molecule has 0 aromatic carbocycles. The van der Waals surface area contributed by atoms with Gasteiger partial charge in [0.25, 0.3) is 0 Å². The van der Waals surface area contributed by atoms with Gasteiger partial charge in [-0.15, -0.1) is 0 Å². The number of ether oxygens (including phenoxy) is 1. The number of hydrogen-bond donors (Lipinski definition) is 1.